The summed E-state index contributed by atoms with van der Waals surface area (Å²) >= 11 is 0. The number of carbonyl (C=O) groups excluding carboxylic acids is 1. The van der Waals surface area contributed by atoms with E-state index < -0.39 is 0 Å². The molecule has 0 aliphatic rings. The zero-order valence-electron chi connectivity index (χ0n) is 10.7. The summed E-state index contributed by atoms with van der Waals surface area (Å²) in [6.45, 7) is 4.25. The van der Waals surface area contributed by atoms with Crippen molar-refractivity contribution in [3.05, 3.63) is 0 Å². The second-order valence-corrected chi connectivity index (χ2v) is 4.42. The summed E-state index contributed by atoms with van der Waals surface area (Å²) < 4.78 is 0. The van der Waals surface area contributed by atoms with E-state index in [0.717, 1.165) is 44.9 Å². The topological polar surface area (TPSA) is 46.5 Å². The molecule has 0 aromatic rings. The van der Waals surface area contributed by atoms with E-state index in [0.29, 0.717) is 12.8 Å². The second kappa shape index (κ2) is 11.1. The molecule has 3 nitrogen and oxygen atoms in total. The number of rotatable bonds is 11. The summed E-state index contributed by atoms with van der Waals surface area (Å²) in [5.41, 5.74) is 0. The summed E-state index contributed by atoms with van der Waals surface area (Å²) in [6.07, 6.45) is 7.96. The minimum absolute atomic E-state index is 0.212. The quantitative estimate of drug-likeness (QED) is 0.332. The highest BCUT2D eigenvalue weighted by Gasteiger charge is 2.13. The summed E-state index contributed by atoms with van der Waals surface area (Å²) in [5.74, 6) is 0.212. The van der Waals surface area contributed by atoms with Gasteiger partial charge < -0.3 is 0 Å². The molecule has 0 fully saturated rings. The van der Waals surface area contributed by atoms with Crippen LogP contribution in [0.1, 0.15) is 71.6 Å². The third-order valence-corrected chi connectivity index (χ3v) is 2.79. The summed E-state index contributed by atoms with van der Waals surface area (Å²) in [5, 5.41) is 8.69. The van der Waals surface area contributed by atoms with E-state index in [-0.39, 0.29) is 11.9 Å². The lowest BCUT2D eigenvalue weighted by atomic mass is 10.0. The van der Waals surface area contributed by atoms with Gasteiger partial charge in [-0.25, -0.2) is 4.89 Å². The van der Waals surface area contributed by atoms with Gasteiger partial charge in [0.1, 0.15) is 5.78 Å². The second-order valence-electron chi connectivity index (χ2n) is 4.42. The monoisotopic (exact) mass is 230 g/mol. The number of hydrogen-bond acceptors (Lipinski definition) is 3. The molecule has 0 unspecified atom stereocenters. The molecule has 0 amide bonds. The van der Waals surface area contributed by atoms with Crippen LogP contribution in [0, 0.1) is 0 Å². The Bertz CT molecular complexity index is 169. The third-order valence-electron chi connectivity index (χ3n) is 2.79. The Hall–Kier alpha value is -0.410. The minimum Gasteiger partial charge on any atom is -0.300 e. The van der Waals surface area contributed by atoms with E-state index >= 15 is 0 Å². The first-order valence-corrected chi connectivity index (χ1v) is 6.56. The molecule has 0 saturated heterocycles. The number of hydrogen-bond donors (Lipinski definition) is 1. The predicted molar refractivity (Wildman–Crippen MR) is 65.4 cm³/mol. The number of ketones is 1. The van der Waals surface area contributed by atoms with Gasteiger partial charge in [-0.1, -0.05) is 46.0 Å². The molecule has 0 spiro atoms. The highest BCUT2D eigenvalue weighted by atomic mass is 17.1. The van der Waals surface area contributed by atoms with Gasteiger partial charge in [0.15, 0.2) is 0 Å². The van der Waals surface area contributed by atoms with Crippen LogP contribution in [-0.4, -0.2) is 17.1 Å². The molecule has 0 rings (SSSR count). The van der Waals surface area contributed by atoms with Gasteiger partial charge in [-0.3, -0.25) is 10.1 Å². The third kappa shape index (κ3) is 8.86. The number of carbonyl (C=O) groups is 1. The van der Waals surface area contributed by atoms with Gasteiger partial charge in [0.05, 0.1) is 6.10 Å². The smallest absolute Gasteiger partial charge is 0.135 e. The molecular weight excluding hydrogens is 204 g/mol. The van der Waals surface area contributed by atoms with Gasteiger partial charge in [0.2, 0.25) is 0 Å². The fourth-order valence-corrected chi connectivity index (χ4v) is 1.74. The molecule has 3 heteroatoms. The van der Waals surface area contributed by atoms with E-state index in [1.165, 1.54) is 0 Å². The van der Waals surface area contributed by atoms with Crippen LogP contribution in [0.4, 0.5) is 0 Å². The first-order chi connectivity index (χ1) is 7.74. The molecule has 0 aliphatic heterocycles. The van der Waals surface area contributed by atoms with Crippen LogP contribution in [0.2, 0.25) is 0 Å². The highest BCUT2D eigenvalue weighted by Crippen LogP contribution is 2.12. The van der Waals surface area contributed by atoms with Gasteiger partial charge in [-0.2, -0.15) is 0 Å². The molecule has 0 saturated carbocycles. The van der Waals surface area contributed by atoms with Crippen molar-refractivity contribution in [1.29, 1.82) is 0 Å². The van der Waals surface area contributed by atoms with Crippen molar-refractivity contribution in [1.82, 2.24) is 0 Å². The van der Waals surface area contributed by atoms with Crippen LogP contribution in [0.25, 0.3) is 0 Å². The van der Waals surface area contributed by atoms with Crippen LogP contribution >= 0.6 is 0 Å². The van der Waals surface area contributed by atoms with Crippen LogP contribution in [0.15, 0.2) is 0 Å². The fraction of sp³-hybridized carbons (Fsp3) is 0.923. The SMILES string of the molecule is CCCCCC(=O)C[C@@H](CCCCC)OO. The van der Waals surface area contributed by atoms with E-state index in [1.807, 2.05) is 0 Å². The zero-order valence-corrected chi connectivity index (χ0v) is 10.7. The van der Waals surface area contributed by atoms with E-state index in [4.69, 9.17) is 5.26 Å². The number of Topliss-reactive ketones (excluding diaryl/α,β-unsaturated/α-hetero) is 1. The van der Waals surface area contributed by atoms with E-state index in [9.17, 15) is 4.79 Å². The van der Waals surface area contributed by atoms with E-state index in [2.05, 4.69) is 18.7 Å². The molecule has 0 aliphatic carbocycles. The summed E-state index contributed by atoms with van der Waals surface area (Å²) in [4.78, 5) is 15.9. The molecule has 0 aromatic heterocycles. The van der Waals surface area contributed by atoms with Gasteiger partial charge >= 0.3 is 0 Å². The largest absolute Gasteiger partial charge is 0.300 e. The van der Waals surface area contributed by atoms with Gasteiger partial charge in [0, 0.05) is 12.8 Å². The lowest BCUT2D eigenvalue weighted by Gasteiger charge is -2.12. The van der Waals surface area contributed by atoms with Gasteiger partial charge in [0.25, 0.3) is 0 Å². The first kappa shape index (κ1) is 15.6. The maximum Gasteiger partial charge on any atom is 0.135 e. The average Bonchev–Trinajstić information content (AvgIpc) is 2.28. The van der Waals surface area contributed by atoms with Crippen molar-refractivity contribution in [3.63, 3.8) is 0 Å². The molecule has 96 valence electrons. The normalized spacial score (nSPS) is 12.7. The average molecular weight is 230 g/mol. The fourth-order valence-electron chi connectivity index (χ4n) is 1.74. The predicted octanol–water partition coefficient (Wildman–Crippen LogP) is 3.96. The number of unbranched alkanes of at least 4 members (excludes halogenated alkanes) is 4. The molecule has 1 N–H and O–H groups in total. The Labute approximate surface area is 99.1 Å². The van der Waals surface area contributed by atoms with Crippen molar-refractivity contribution < 1.29 is 14.9 Å². The Morgan fingerprint density at radius 1 is 1.12 bits per heavy atom. The Balaban J connectivity index is 3.61. The minimum atomic E-state index is -0.291. The van der Waals surface area contributed by atoms with Crippen LogP contribution in [0.3, 0.4) is 0 Å². The molecule has 0 radical (unpaired) electrons. The molecule has 16 heavy (non-hydrogen) atoms. The van der Waals surface area contributed by atoms with Crippen molar-refractivity contribution >= 4 is 5.78 Å². The van der Waals surface area contributed by atoms with Crippen LogP contribution < -0.4 is 0 Å². The van der Waals surface area contributed by atoms with Crippen molar-refractivity contribution in [3.8, 4) is 0 Å². The molecule has 1 atom stereocenters. The van der Waals surface area contributed by atoms with Crippen LogP contribution in [0.5, 0.6) is 0 Å². The van der Waals surface area contributed by atoms with E-state index in [1.54, 1.807) is 0 Å². The standard InChI is InChI=1S/C13H26O3/c1-3-5-7-9-12(14)11-13(16-15)10-8-6-4-2/h13,15H,3-11H2,1-2H3/t13-/m1/s1. The molecule has 0 aromatic carbocycles. The van der Waals surface area contributed by atoms with Crippen molar-refractivity contribution in [2.75, 3.05) is 0 Å². The molecular formula is C13H26O3. The van der Waals surface area contributed by atoms with Gasteiger partial charge in [-0.05, 0) is 12.8 Å². The summed E-state index contributed by atoms with van der Waals surface area (Å²) in [6, 6.07) is 0. The summed E-state index contributed by atoms with van der Waals surface area (Å²) in [7, 11) is 0. The maximum absolute atomic E-state index is 11.5. The first-order valence-electron chi connectivity index (χ1n) is 6.56. The van der Waals surface area contributed by atoms with Crippen molar-refractivity contribution in [2.24, 2.45) is 0 Å². The maximum atomic E-state index is 11.5. The molecule has 0 bridgehead atoms. The Kier molecular flexibility index (Phi) is 10.8. The van der Waals surface area contributed by atoms with Crippen molar-refractivity contribution in [2.45, 2.75) is 77.7 Å². The lowest BCUT2D eigenvalue weighted by molar-refractivity contribution is -0.279. The lowest BCUT2D eigenvalue weighted by Crippen LogP contribution is -2.16. The van der Waals surface area contributed by atoms with Crippen LogP contribution in [-0.2, 0) is 9.68 Å². The van der Waals surface area contributed by atoms with Gasteiger partial charge in [-0.15, -0.1) is 0 Å². The highest BCUT2D eigenvalue weighted by molar-refractivity contribution is 5.78. The Morgan fingerprint density at radius 3 is 2.31 bits per heavy atom. The Morgan fingerprint density at radius 2 is 1.75 bits per heavy atom. The zero-order chi connectivity index (χ0) is 12.2. The molecule has 0 heterocycles.